The summed E-state index contributed by atoms with van der Waals surface area (Å²) in [5, 5.41) is 3.65. The number of hydrogen-bond acceptors (Lipinski definition) is 3. The van der Waals surface area contributed by atoms with Crippen LogP contribution in [0, 0.1) is 0 Å². The zero-order valence-corrected chi connectivity index (χ0v) is 7.28. The molecule has 0 aromatic heterocycles. The molecule has 0 aliphatic carbocycles. The van der Waals surface area contributed by atoms with Gasteiger partial charge in [-0.3, -0.25) is 14.4 Å². The zero-order chi connectivity index (χ0) is 9.68. The van der Waals surface area contributed by atoms with Crippen molar-refractivity contribution >= 4 is 11.8 Å². The zero-order valence-electron chi connectivity index (χ0n) is 7.28. The SMILES string of the molecule is C=CC(=O)NCC(=O)N1CCCO1. The topological polar surface area (TPSA) is 58.6 Å². The lowest BCUT2D eigenvalue weighted by molar-refractivity contribution is -0.167. The monoisotopic (exact) mass is 184 g/mol. The summed E-state index contributed by atoms with van der Waals surface area (Å²) >= 11 is 0. The number of carbonyl (C=O) groups excluding carboxylic acids is 2. The molecule has 5 heteroatoms. The van der Waals surface area contributed by atoms with E-state index in [1.165, 1.54) is 5.06 Å². The fourth-order valence-electron chi connectivity index (χ4n) is 0.967. The van der Waals surface area contributed by atoms with Crippen LogP contribution in [0.2, 0.25) is 0 Å². The highest BCUT2D eigenvalue weighted by Crippen LogP contribution is 2.03. The van der Waals surface area contributed by atoms with Gasteiger partial charge in [0.05, 0.1) is 19.7 Å². The molecular weight excluding hydrogens is 172 g/mol. The van der Waals surface area contributed by atoms with Crippen LogP contribution in [0.3, 0.4) is 0 Å². The predicted molar refractivity (Wildman–Crippen MR) is 45.5 cm³/mol. The van der Waals surface area contributed by atoms with E-state index >= 15 is 0 Å². The summed E-state index contributed by atoms with van der Waals surface area (Å²) in [7, 11) is 0. The van der Waals surface area contributed by atoms with Crippen molar-refractivity contribution < 1.29 is 14.4 Å². The van der Waals surface area contributed by atoms with Crippen LogP contribution in [0.1, 0.15) is 6.42 Å². The first-order valence-electron chi connectivity index (χ1n) is 4.07. The smallest absolute Gasteiger partial charge is 0.265 e. The molecule has 2 amide bonds. The van der Waals surface area contributed by atoms with E-state index in [0.29, 0.717) is 13.2 Å². The van der Waals surface area contributed by atoms with E-state index in [2.05, 4.69) is 11.9 Å². The van der Waals surface area contributed by atoms with Crippen LogP contribution in [0.25, 0.3) is 0 Å². The molecule has 1 aliphatic heterocycles. The van der Waals surface area contributed by atoms with Crippen molar-refractivity contribution in [2.75, 3.05) is 19.7 Å². The number of amides is 2. The lowest BCUT2D eigenvalue weighted by Gasteiger charge is -2.13. The number of carbonyl (C=O) groups is 2. The third-order valence-electron chi connectivity index (χ3n) is 1.63. The summed E-state index contributed by atoms with van der Waals surface area (Å²) in [4.78, 5) is 26.9. The number of hydrogen-bond donors (Lipinski definition) is 1. The fraction of sp³-hybridized carbons (Fsp3) is 0.500. The second-order valence-corrected chi connectivity index (χ2v) is 2.60. The molecule has 1 rings (SSSR count). The third kappa shape index (κ3) is 2.87. The van der Waals surface area contributed by atoms with Crippen LogP contribution >= 0.6 is 0 Å². The van der Waals surface area contributed by atoms with E-state index in [9.17, 15) is 9.59 Å². The Kier molecular flexibility index (Phi) is 3.45. The highest BCUT2D eigenvalue weighted by Gasteiger charge is 2.18. The highest BCUT2D eigenvalue weighted by molar-refractivity contribution is 5.90. The van der Waals surface area contributed by atoms with Crippen molar-refractivity contribution in [3.63, 3.8) is 0 Å². The normalized spacial score (nSPS) is 15.5. The van der Waals surface area contributed by atoms with Gasteiger partial charge in [-0.2, -0.15) is 0 Å². The molecule has 0 aromatic carbocycles. The lowest BCUT2D eigenvalue weighted by atomic mass is 10.4. The Labute approximate surface area is 76.3 Å². The van der Waals surface area contributed by atoms with Gasteiger partial charge in [0.15, 0.2) is 0 Å². The van der Waals surface area contributed by atoms with E-state index in [1.807, 2.05) is 0 Å². The minimum absolute atomic E-state index is 0.0369. The first kappa shape index (κ1) is 9.73. The molecule has 5 nitrogen and oxygen atoms in total. The summed E-state index contributed by atoms with van der Waals surface area (Å²) in [6.45, 7) is 4.40. The second-order valence-electron chi connectivity index (χ2n) is 2.60. The van der Waals surface area contributed by atoms with Crippen molar-refractivity contribution in [3.05, 3.63) is 12.7 Å². The van der Waals surface area contributed by atoms with Gasteiger partial charge in [-0.1, -0.05) is 6.58 Å². The van der Waals surface area contributed by atoms with Crippen molar-refractivity contribution in [2.45, 2.75) is 6.42 Å². The van der Waals surface area contributed by atoms with Crippen molar-refractivity contribution in [1.82, 2.24) is 10.4 Å². The van der Waals surface area contributed by atoms with Crippen molar-refractivity contribution in [1.29, 1.82) is 0 Å². The van der Waals surface area contributed by atoms with Gasteiger partial charge in [0.1, 0.15) is 0 Å². The second kappa shape index (κ2) is 4.61. The maximum atomic E-state index is 11.2. The maximum Gasteiger partial charge on any atom is 0.265 e. The maximum absolute atomic E-state index is 11.2. The first-order valence-corrected chi connectivity index (χ1v) is 4.07. The Morgan fingerprint density at radius 2 is 2.38 bits per heavy atom. The average molecular weight is 184 g/mol. The van der Waals surface area contributed by atoms with Gasteiger partial charge in [-0.15, -0.1) is 0 Å². The molecule has 13 heavy (non-hydrogen) atoms. The molecule has 1 saturated heterocycles. The quantitative estimate of drug-likeness (QED) is 0.599. The molecule has 0 spiro atoms. The Morgan fingerprint density at radius 3 is 2.92 bits per heavy atom. The van der Waals surface area contributed by atoms with Gasteiger partial charge in [0.2, 0.25) is 5.91 Å². The van der Waals surface area contributed by atoms with E-state index in [4.69, 9.17) is 4.84 Å². The van der Waals surface area contributed by atoms with Gasteiger partial charge in [0, 0.05) is 0 Å². The Balaban J connectivity index is 2.24. The van der Waals surface area contributed by atoms with E-state index < -0.39 is 0 Å². The van der Waals surface area contributed by atoms with Gasteiger partial charge in [0.25, 0.3) is 5.91 Å². The summed E-state index contributed by atoms with van der Waals surface area (Å²) in [6, 6.07) is 0. The minimum atomic E-state index is -0.354. The van der Waals surface area contributed by atoms with Crippen molar-refractivity contribution in [3.8, 4) is 0 Å². The Morgan fingerprint density at radius 1 is 1.62 bits per heavy atom. The first-order chi connectivity index (χ1) is 6.24. The molecule has 0 aromatic rings. The van der Waals surface area contributed by atoms with Crippen LogP contribution in [0.4, 0.5) is 0 Å². The molecular formula is C8H12N2O3. The van der Waals surface area contributed by atoms with Crippen LogP contribution in [-0.2, 0) is 14.4 Å². The van der Waals surface area contributed by atoms with Crippen LogP contribution < -0.4 is 5.32 Å². The predicted octanol–water partition coefficient (Wildman–Crippen LogP) is -0.548. The summed E-state index contributed by atoms with van der Waals surface area (Å²) in [5.74, 6) is -0.583. The number of nitrogens with one attached hydrogen (secondary N) is 1. The number of hydroxylamine groups is 2. The molecule has 1 fully saturated rings. The highest BCUT2D eigenvalue weighted by atomic mass is 16.7. The average Bonchev–Trinajstić information content (AvgIpc) is 2.66. The summed E-state index contributed by atoms with van der Waals surface area (Å²) in [6.07, 6.45) is 1.97. The van der Waals surface area contributed by atoms with E-state index in [0.717, 1.165) is 12.5 Å². The van der Waals surface area contributed by atoms with Gasteiger partial charge < -0.3 is 5.32 Å². The molecule has 72 valence electrons. The molecule has 1 aliphatic rings. The van der Waals surface area contributed by atoms with Gasteiger partial charge >= 0.3 is 0 Å². The fourth-order valence-corrected chi connectivity index (χ4v) is 0.967. The molecule has 1 heterocycles. The summed E-state index contributed by atoms with van der Waals surface area (Å²) in [5.41, 5.74) is 0. The molecule has 0 bridgehead atoms. The Bertz CT molecular complexity index is 221. The standard InChI is InChI=1S/C8H12N2O3/c1-2-7(11)9-6-8(12)10-4-3-5-13-10/h2H,1,3-6H2,(H,9,11). The van der Waals surface area contributed by atoms with Crippen LogP contribution in [0.15, 0.2) is 12.7 Å². The third-order valence-corrected chi connectivity index (χ3v) is 1.63. The molecule has 0 atom stereocenters. The summed E-state index contributed by atoms with van der Waals surface area (Å²) < 4.78 is 0. The minimum Gasteiger partial charge on any atom is -0.343 e. The van der Waals surface area contributed by atoms with Crippen LogP contribution in [-0.4, -0.2) is 36.6 Å². The van der Waals surface area contributed by atoms with Crippen molar-refractivity contribution in [2.24, 2.45) is 0 Å². The molecule has 0 unspecified atom stereocenters. The number of rotatable bonds is 3. The van der Waals surface area contributed by atoms with Gasteiger partial charge in [-0.05, 0) is 12.5 Å². The largest absolute Gasteiger partial charge is 0.343 e. The van der Waals surface area contributed by atoms with Crippen LogP contribution in [0.5, 0.6) is 0 Å². The van der Waals surface area contributed by atoms with E-state index in [1.54, 1.807) is 0 Å². The molecule has 0 radical (unpaired) electrons. The van der Waals surface area contributed by atoms with E-state index in [-0.39, 0.29) is 18.4 Å². The lowest BCUT2D eigenvalue weighted by Crippen LogP contribution is -2.37. The molecule has 0 saturated carbocycles. The number of nitrogens with zero attached hydrogens (tertiary/aromatic N) is 1. The molecule has 1 N–H and O–H groups in total. The Hall–Kier alpha value is -1.36. The van der Waals surface area contributed by atoms with Gasteiger partial charge in [-0.25, -0.2) is 5.06 Å².